The van der Waals surface area contributed by atoms with Gasteiger partial charge in [-0.25, -0.2) is 0 Å². The molecular formula is C29H38N2O3. The SMILES string of the molecule is CC(C)CCn1cc(C2CCN(CCCOc3cccc(CC(=O)O)c3)CC2)c2ccccc21. The lowest BCUT2D eigenvalue weighted by molar-refractivity contribution is -0.136. The van der Waals surface area contributed by atoms with Gasteiger partial charge in [0.15, 0.2) is 0 Å². The van der Waals surface area contributed by atoms with Crippen molar-refractivity contribution < 1.29 is 14.6 Å². The number of carbonyl (C=O) groups is 1. The van der Waals surface area contributed by atoms with E-state index in [1.165, 1.54) is 35.7 Å². The summed E-state index contributed by atoms with van der Waals surface area (Å²) in [5.74, 6) is 1.28. The van der Waals surface area contributed by atoms with Crippen LogP contribution >= 0.6 is 0 Å². The van der Waals surface area contributed by atoms with Crippen LogP contribution in [0, 0.1) is 5.92 Å². The number of carboxylic acid groups (broad SMARTS) is 1. The van der Waals surface area contributed by atoms with E-state index in [2.05, 4.69) is 53.8 Å². The molecule has 0 radical (unpaired) electrons. The Morgan fingerprint density at radius 2 is 1.88 bits per heavy atom. The first kappa shape index (κ1) is 24.3. The van der Waals surface area contributed by atoms with Gasteiger partial charge in [-0.3, -0.25) is 4.79 Å². The molecule has 4 rings (SSSR count). The van der Waals surface area contributed by atoms with Gasteiger partial charge >= 0.3 is 5.97 Å². The molecule has 5 nitrogen and oxygen atoms in total. The molecule has 1 aliphatic heterocycles. The Balaban J connectivity index is 1.26. The molecule has 1 saturated heterocycles. The van der Waals surface area contributed by atoms with Crippen molar-refractivity contribution in [2.75, 3.05) is 26.2 Å². The molecule has 0 aliphatic carbocycles. The number of hydrogen-bond donors (Lipinski definition) is 1. The van der Waals surface area contributed by atoms with Crippen molar-refractivity contribution in [1.29, 1.82) is 0 Å². The third-order valence-electron chi connectivity index (χ3n) is 6.94. The highest BCUT2D eigenvalue weighted by Crippen LogP contribution is 2.34. The molecule has 0 spiro atoms. The maximum absolute atomic E-state index is 10.9. The molecule has 182 valence electrons. The fourth-order valence-electron chi connectivity index (χ4n) is 5.05. The third kappa shape index (κ3) is 6.41. The van der Waals surface area contributed by atoms with Crippen molar-refractivity contribution in [3.63, 3.8) is 0 Å². The molecule has 0 atom stereocenters. The molecule has 5 heteroatoms. The van der Waals surface area contributed by atoms with E-state index < -0.39 is 5.97 Å². The first-order valence-corrected chi connectivity index (χ1v) is 12.7. The second-order valence-corrected chi connectivity index (χ2v) is 10.0. The molecule has 1 aliphatic rings. The van der Waals surface area contributed by atoms with Crippen molar-refractivity contribution in [3.8, 4) is 5.75 Å². The molecule has 0 unspecified atom stereocenters. The zero-order valence-electron chi connectivity index (χ0n) is 20.6. The molecule has 0 saturated carbocycles. The zero-order chi connectivity index (χ0) is 23.9. The predicted octanol–water partition coefficient (Wildman–Crippen LogP) is 5.96. The Kier molecular flexibility index (Phi) is 8.28. The third-order valence-corrected chi connectivity index (χ3v) is 6.94. The molecule has 1 aromatic heterocycles. The summed E-state index contributed by atoms with van der Waals surface area (Å²) in [5.41, 5.74) is 3.69. The summed E-state index contributed by atoms with van der Waals surface area (Å²) in [6.07, 6.45) is 7.06. The van der Waals surface area contributed by atoms with Gasteiger partial charge in [0, 0.05) is 30.2 Å². The lowest BCUT2D eigenvalue weighted by Gasteiger charge is -2.32. The summed E-state index contributed by atoms with van der Waals surface area (Å²) >= 11 is 0. The number of aryl methyl sites for hydroxylation is 1. The monoisotopic (exact) mass is 462 g/mol. The van der Waals surface area contributed by atoms with E-state index in [1.54, 1.807) is 0 Å². The van der Waals surface area contributed by atoms with Crippen LogP contribution in [0.4, 0.5) is 0 Å². The highest BCUT2D eigenvalue weighted by atomic mass is 16.5. The normalized spacial score (nSPS) is 15.3. The van der Waals surface area contributed by atoms with Gasteiger partial charge in [-0.1, -0.05) is 44.2 Å². The van der Waals surface area contributed by atoms with E-state index in [9.17, 15) is 4.79 Å². The number of piperidine rings is 1. The number of aliphatic carboxylic acids is 1. The molecule has 2 aromatic carbocycles. The van der Waals surface area contributed by atoms with Crippen molar-refractivity contribution in [3.05, 3.63) is 65.9 Å². The average Bonchev–Trinajstić information content (AvgIpc) is 3.19. The van der Waals surface area contributed by atoms with Crippen LogP contribution in [0.15, 0.2) is 54.7 Å². The van der Waals surface area contributed by atoms with Crippen LogP contribution in [-0.4, -0.2) is 46.8 Å². The van der Waals surface area contributed by atoms with E-state index in [4.69, 9.17) is 9.84 Å². The number of ether oxygens (including phenoxy) is 1. The minimum atomic E-state index is -0.819. The number of aromatic nitrogens is 1. The fraction of sp³-hybridized carbons (Fsp3) is 0.483. The van der Waals surface area contributed by atoms with E-state index in [0.29, 0.717) is 18.4 Å². The van der Waals surface area contributed by atoms with E-state index in [0.717, 1.165) is 43.9 Å². The van der Waals surface area contributed by atoms with Gasteiger partial charge in [-0.05, 0) is 79.9 Å². The Hall–Kier alpha value is -2.79. The van der Waals surface area contributed by atoms with Gasteiger partial charge in [-0.15, -0.1) is 0 Å². The number of nitrogens with zero attached hydrogens (tertiary/aromatic N) is 2. The molecular weight excluding hydrogens is 424 g/mol. The van der Waals surface area contributed by atoms with Crippen LogP contribution < -0.4 is 4.74 Å². The molecule has 1 N–H and O–H groups in total. The standard InChI is InChI=1S/C29H38N2O3/c1-22(2)11-17-31-21-27(26-9-3-4-10-28(26)31)24-12-15-30(16-13-24)14-6-18-34-25-8-5-7-23(19-25)20-29(32)33/h3-5,7-10,19,21-22,24H,6,11-18,20H2,1-2H3,(H,32,33). The molecule has 0 amide bonds. The zero-order valence-corrected chi connectivity index (χ0v) is 20.6. The number of carboxylic acids is 1. The van der Waals surface area contributed by atoms with Crippen LogP contribution in [0.5, 0.6) is 5.75 Å². The number of benzene rings is 2. The van der Waals surface area contributed by atoms with E-state index >= 15 is 0 Å². The molecule has 3 aromatic rings. The first-order chi connectivity index (χ1) is 16.5. The topological polar surface area (TPSA) is 54.7 Å². The number of hydrogen-bond acceptors (Lipinski definition) is 3. The van der Waals surface area contributed by atoms with Crippen LogP contribution in [0.25, 0.3) is 10.9 Å². The van der Waals surface area contributed by atoms with Crippen LogP contribution in [0.1, 0.15) is 56.6 Å². The first-order valence-electron chi connectivity index (χ1n) is 12.7. The quantitative estimate of drug-likeness (QED) is 0.357. The molecule has 34 heavy (non-hydrogen) atoms. The lowest BCUT2D eigenvalue weighted by atomic mass is 9.89. The van der Waals surface area contributed by atoms with Gasteiger partial charge in [0.1, 0.15) is 5.75 Å². The Morgan fingerprint density at radius 3 is 2.65 bits per heavy atom. The summed E-state index contributed by atoms with van der Waals surface area (Å²) in [6, 6.07) is 16.3. The second kappa shape index (κ2) is 11.6. The summed E-state index contributed by atoms with van der Waals surface area (Å²) in [7, 11) is 0. The number of likely N-dealkylation sites (tertiary alicyclic amines) is 1. The molecule has 2 heterocycles. The summed E-state index contributed by atoms with van der Waals surface area (Å²) in [5, 5.41) is 10.4. The number of para-hydroxylation sites is 1. The lowest BCUT2D eigenvalue weighted by Crippen LogP contribution is -2.34. The Morgan fingerprint density at radius 1 is 1.09 bits per heavy atom. The highest BCUT2D eigenvalue weighted by molar-refractivity contribution is 5.84. The highest BCUT2D eigenvalue weighted by Gasteiger charge is 2.23. The van der Waals surface area contributed by atoms with Crippen molar-refractivity contribution >= 4 is 16.9 Å². The summed E-state index contributed by atoms with van der Waals surface area (Å²) in [6.45, 7) is 9.64. The summed E-state index contributed by atoms with van der Waals surface area (Å²) < 4.78 is 8.35. The van der Waals surface area contributed by atoms with Crippen molar-refractivity contribution in [2.24, 2.45) is 5.92 Å². The Bertz CT molecular complexity index is 1080. The van der Waals surface area contributed by atoms with Gasteiger partial charge in [-0.2, -0.15) is 0 Å². The molecule has 0 bridgehead atoms. The maximum Gasteiger partial charge on any atom is 0.307 e. The number of rotatable bonds is 11. The predicted molar refractivity (Wildman–Crippen MR) is 138 cm³/mol. The largest absolute Gasteiger partial charge is 0.494 e. The van der Waals surface area contributed by atoms with Gasteiger partial charge < -0.3 is 19.3 Å². The van der Waals surface area contributed by atoms with Gasteiger partial charge in [0.25, 0.3) is 0 Å². The van der Waals surface area contributed by atoms with Crippen LogP contribution in [0.3, 0.4) is 0 Å². The summed E-state index contributed by atoms with van der Waals surface area (Å²) in [4.78, 5) is 13.5. The van der Waals surface area contributed by atoms with Crippen LogP contribution in [-0.2, 0) is 17.8 Å². The van der Waals surface area contributed by atoms with Gasteiger partial charge in [0.2, 0.25) is 0 Å². The number of fused-ring (bicyclic) bond motifs is 1. The minimum absolute atomic E-state index is 0.0303. The second-order valence-electron chi connectivity index (χ2n) is 10.0. The van der Waals surface area contributed by atoms with Crippen LogP contribution in [0.2, 0.25) is 0 Å². The van der Waals surface area contributed by atoms with Crippen molar-refractivity contribution in [2.45, 2.75) is 58.4 Å². The van der Waals surface area contributed by atoms with E-state index in [-0.39, 0.29) is 6.42 Å². The fourth-order valence-corrected chi connectivity index (χ4v) is 5.05. The minimum Gasteiger partial charge on any atom is -0.494 e. The maximum atomic E-state index is 10.9. The van der Waals surface area contributed by atoms with Crippen molar-refractivity contribution in [1.82, 2.24) is 9.47 Å². The average molecular weight is 463 g/mol. The Labute approximate surface area is 203 Å². The molecule has 1 fully saturated rings. The smallest absolute Gasteiger partial charge is 0.307 e. The van der Waals surface area contributed by atoms with E-state index in [1.807, 2.05) is 24.3 Å². The van der Waals surface area contributed by atoms with Gasteiger partial charge in [0.05, 0.1) is 13.0 Å².